The number of nitrogens with two attached hydrogens (primary N) is 1. The van der Waals surface area contributed by atoms with Crippen molar-refractivity contribution in [3.8, 4) is 57.1 Å². The van der Waals surface area contributed by atoms with Crippen LogP contribution in [0.2, 0.25) is 10.0 Å². The Morgan fingerprint density at radius 2 is 1.33 bits per heavy atom. The molecule has 83 heavy (non-hydrogen) atoms. The number of aliphatic hydroxyl groups is 2. The molecule has 0 spiro atoms. The molecule has 0 radical (unpaired) electrons. The highest BCUT2D eigenvalue weighted by molar-refractivity contribution is 6.32. The topological polar surface area (TPSA) is 346 Å². The molecule has 5 aromatic carbocycles. The first kappa shape index (κ1) is 60.7. The summed E-state index contributed by atoms with van der Waals surface area (Å²) in [5.74, 6) is -7.47. The van der Waals surface area contributed by atoms with Gasteiger partial charge in [-0.15, -0.1) is 0 Å². The predicted molar refractivity (Wildman–Crippen MR) is 300 cm³/mol. The van der Waals surface area contributed by atoms with E-state index < -0.39 is 109 Å². The van der Waals surface area contributed by atoms with Gasteiger partial charge in [0.25, 0.3) is 0 Å². The smallest absolute Gasteiger partial charge is 0.330 e. The van der Waals surface area contributed by atoms with E-state index in [1.165, 1.54) is 107 Å². The van der Waals surface area contributed by atoms with E-state index in [1.807, 2.05) is 13.8 Å². The molecule has 0 fully saturated rings. The molecule has 0 aliphatic carbocycles. The standard InChI is InChI=1S/C57H62Cl2N8O16/c1-24(2)14-34(61-3)52(71)66-47-49(69)26-9-12-38(32(58)16-26)82-41-18-28-19-42(51(41)81-7)83-39-13-10-27(17-33(39)59)50(70)48-56(75)65-46(57(76)77)31-20-29(78-4)21-40(80-6)44(31)30-15-25(8-11-37(30)79-5)45(54(73)67-48)62-23-36(28)64-53(72)35(22-43(60)68)63-55(47)74/h8-13,15-21,24,34-36,45-50,61-62,69-70H,14,22-23H2,1-7H3,(H2,60,68)(H,63,74)(H,64,72)(H,65,75)(H,66,71)(H,67,73)(H,76,77)/t34-,35-,36-,45+,46+,47+,48-,49+,50+/m0/s1. The number of carbonyl (C=O) groups excluding carboxylic acids is 6. The number of carboxylic acid groups (broad SMARTS) is 1. The molecule has 12 N–H and O–H groups in total. The molecule has 440 valence electrons. The molecular weight excluding hydrogens is 1120 g/mol. The number of amides is 6. The number of carbonyl (C=O) groups is 7. The molecular formula is C57H62Cl2N8O16. The molecule has 0 unspecified atom stereocenters. The number of benzene rings is 5. The first-order valence-electron chi connectivity index (χ1n) is 26.0. The predicted octanol–water partition coefficient (Wildman–Crippen LogP) is 4.08. The van der Waals surface area contributed by atoms with Crippen molar-refractivity contribution in [2.75, 3.05) is 42.0 Å². The molecule has 11 bridgehead atoms. The fourth-order valence-electron chi connectivity index (χ4n) is 10.0. The molecule has 0 aromatic heterocycles. The fraction of sp³-hybridized carbons (Fsp3) is 0.351. The molecule has 5 aromatic rings. The van der Waals surface area contributed by atoms with E-state index in [0.29, 0.717) is 6.42 Å². The summed E-state index contributed by atoms with van der Waals surface area (Å²) >= 11 is 13.8. The number of fused-ring (bicyclic) bond motifs is 15. The zero-order chi connectivity index (χ0) is 60.1. The highest BCUT2D eigenvalue weighted by atomic mass is 35.5. The number of aliphatic carboxylic acids is 1. The third-order valence-electron chi connectivity index (χ3n) is 14.2. The lowest BCUT2D eigenvalue weighted by atomic mass is 9.89. The van der Waals surface area contributed by atoms with Crippen LogP contribution < -0.4 is 71.4 Å². The van der Waals surface area contributed by atoms with Gasteiger partial charge < -0.3 is 81.4 Å². The van der Waals surface area contributed by atoms with E-state index in [9.17, 15) is 44.1 Å². The minimum atomic E-state index is -1.96. The Balaban J connectivity index is 1.37. The summed E-state index contributed by atoms with van der Waals surface area (Å²) in [4.78, 5) is 99.8. The number of halogens is 2. The average molecular weight is 1190 g/mol. The number of nitrogens with one attached hydrogen (secondary N) is 7. The van der Waals surface area contributed by atoms with Gasteiger partial charge in [-0.3, -0.25) is 34.1 Å². The van der Waals surface area contributed by atoms with Gasteiger partial charge in [0.1, 0.15) is 65.1 Å². The van der Waals surface area contributed by atoms with Gasteiger partial charge in [0.15, 0.2) is 17.5 Å². The van der Waals surface area contributed by atoms with Crippen LogP contribution in [-0.2, 0) is 33.6 Å². The summed E-state index contributed by atoms with van der Waals surface area (Å²) in [7, 11) is 6.90. The summed E-state index contributed by atoms with van der Waals surface area (Å²) in [6.45, 7) is 3.31. The Morgan fingerprint density at radius 3 is 1.88 bits per heavy atom. The lowest BCUT2D eigenvalue weighted by Gasteiger charge is -2.32. The highest BCUT2D eigenvalue weighted by Gasteiger charge is 2.41. The van der Waals surface area contributed by atoms with E-state index in [4.69, 9.17) is 57.4 Å². The fourth-order valence-corrected chi connectivity index (χ4v) is 10.5. The second-order valence-electron chi connectivity index (χ2n) is 20.1. The van der Waals surface area contributed by atoms with Crippen LogP contribution in [0.1, 0.15) is 84.8 Å². The number of hydrogen-bond donors (Lipinski definition) is 11. The third-order valence-corrected chi connectivity index (χ3v) is 14.8. The van der Waals surface area contributed by atoms with Crippen LogP contribution in [0.3, 0.4) is 0 Å². The van der Waals surface area contributed by atoms with Crippen molar-refractivity contribution in [2.45, 2.75) is 81.2 Å². The molecule has 6 amide bonds. The van der Waals surface area contributed by atoms with Crippen molar-refractivity contribution < 1.29 is 77.3 Å². The summed E-state index contributed by atoms with van der Waals surface area (Å²) in [5.41, 5.74) is 6.26. The summed E-state index contributed by atoms with van der Waals surface area (Å²) in [6.07, 6.45) is -4.25. The Hall–Kier alpha value is -8.39. The highest BCUT2D eigenvalue weighted by Crippen LogP contribution is 2.48. The normalized spacial score (nSPS) is 22.0. The summed E-state index contributed by atoms with van der Waals surface area (Å²) < 4.78 is 36.1. The zero-order valence-corrected chi connectivity index (χ0v) is 47.4. The van der Waals surface area contributed by atoms with E-state index >= 15 is 4.79 Å². The maximum absolute atomic E-state index is 15.3. The van der Waals surface area contributed by atoms with Gasteiger partial charge in [-0.05, 0) is 96.2 Å². The van der Waals surface area contributed by atoms with Gasteiger partial charge in [-0.2, -0.15) is 0 Å². The van der Waals surface area contributed by atoms with Crippen molar-refractivity contribution >= 4 is 64.6 Å². The van der Waals surface area contributed by atoms with Gasteiger partial charge in [-0.25, -0.2) is 4.79 Å². The second kappa shape index (κ2) is 25.8. The summed E-state index contributed by atoms with van der Waals surface area (Å²) in [6, 6.07) is 7.14. The van der Waals surface area contributed by atoms with Crippen LogP contribution in [0.4, 0.5) is 0 Å². The van der Waals surface area contributed by atoms with Crippen molar-refractivity contribution in [2.24, 2.45) is 11.7 Å². The van der Waals surface area contributed by atoms with Crippen LogP contribution in [0, 0.1) is 5.92 Å². The largest absolute Gasteiger partial charge is 0.497 e. The Labute approximate surface area is 485 Å². The van der Waals surface area contributed by atoms with Crippen LogP contribution in [-0.4, -0.2) is 123 Å². The number of carboxylic acids is 1. The van der Waals surface area contributed by atoms with Gasteiger partial charge >= 0.3 is 5.97 Å². The molecule has 10 rings (SSSR count). The molecule has 0 saturated heterocycles. The minimum absolute atomic E-state index is 0.0160. The molecule has 5 aliphatic rings. The quantitative estimate of drug-likeness (QED) is 0.0838. The first-order valence-corrected chi connectivity index (χ1v) is 26.7. The SMILES string of the molecule is CN[C@@H](CC(C)C)C(=O)N[C@H]1C(=O)N[C@@H](CC(N)=O)C(=O)N[C@H]2CN[C@H]3C(=O)N[C@H](C(=O)N[C@@H](C(=O)O)c4cc(OC)cc(OC)c4-c4cc3ccc4OC)[C@H](O)c3ccc(c(Cl)c3)Oc3cc2cc(c3OC)Oc2ccc(cc2Cl)[C@H]1O. The number of likely N-dealkylation sites (N-methyl/N-ethyl adjacent to an activating group) is 1. The molecule has 9 atom stereocenters. The van der Waals surface area contributed by atoms with E-state index in [1.54, 1.807) is 7.05 Å². The van der Waals surface area contributed by atoms with Crippen LogP contribution >= 0.6 is 23.2 Å². The second-order valence-corrected chi connectivity index (χ2v) is 20.9. The number of hydrogen-bond acceptors (Lipinski definition) is 17. The maximum atomic E-state index is 15.3. The van der Waals surface area contributed by atoms with Gasteiger partial charge in [0.05, 0.1) is 57.0 Å². The third kappa shape index (κ3) is 13.1. The van der Waals surface area contributed by atoms with E-state index in [-0.39, 0.29) is 101 Å². The molecule has 26 heteroatoms. The number of primary amides is 1. The number of methoxy groups -OCH3 is 4. The Kier molecular flexibility index (Phi) is 18.9. The van der Waals surface area contributed by atoms with Gasteiger partial charge in [0, 0.05) is 29.3 Å². The number of rotatable bonds is 12. The van der Waals surface area contributed by atoms with Crippen LogP contribution in [0.25, 0.3) is 11.1 Å². The van der Waals surface area contributed by atoms with E-state index in [2.05, 4.69) is 37.2 Å². The average Bonchev–Trinajstić information content (AvgIpc) is 3.64. The number of aliphatic hydroxyl groups excluding tert-OH is 2. The van der Waals surface area contributed by atoms with Gasteiger partial charge in [0.2, 0.25) is 41.2 Å². The monoisotopic (exact) mass is 1180 g/mol. The minimum Gasteiger partial charge on any atom is -0.497 e. The number of ether oxygens (including phenoxy) is 6. The van der Waals surface area contributed by atoms with Crippen molar-refractivity contribution in [3.05, 3.63) is 117 Å². The Morgan fingerprint density at radius 1 is 0.699 bits per heavy atom. The van der Waals surface area contributed by atoms with Crippen molar-refractivity contribution in [3.63, 3.8) is 0 Å². The molecule has 24 nitrogen and oxygen atoms in total. The zero-order valence-electron chi connectivity index (χ0n) is 45.9. The van der Waals surface area contributed by atoms with E-state index in [0.717, 1.165) is 0 Å². The lowest BCUT2D eigenvalue weighted by Crippen LogP contribution is -2.58. The summed E-state index contributed by atoms with van der Waals surface area (Å²) in [5, 5.41) is 54.0. The molecule has 5 aliphatic heterocycles. The first-order chi connectivity index (χ1) is 39.6. The van der Waals surface area contributed by atoms with Crippen molar-refractivity contribution in [1.82, 2.24) is 37.2 Å². The molecule has 0 saturated carbocycles. The van der Waals surface area contributed by atoms with Crippen LogP contribution in [0.5, 0.6) is 46.0 Å². The Bertz CT molecular complexity index is 3370. The lowest BCUT2D eigenvalue weighted by molar-refractivity contribution is -0.143. The van der Waals surface area contributed by atoms with Crippen molar-refractivity contribution in [1.29, 1.82) is 0 Å². The maximum Gasteiger partial charge on any atom is 0.330 e. The van der Waals surface area contributed by atoms with Gasteiger partial charge in [-0.1, -0.05) is 55.2 Å². The molecule has 5 heterocycles. The van der Waals surface area contributed by atoms with Crippen LogP contribution in [0.15, 0.2) is 78.9 Å².